The molecule has 0 aliphatic carbocycles. The molecule has 2 bridgehead atoms. The number of nitrogens with zero attached hydrogens (tertiary/aromatic N) is 1. The van der Waals surface area contributed by atoms with E-state index in [2.05, 4.69) is 38.7 Å². The summed E-state index contributed by atoms with van der Waals surface area (Å²) in [6, 6.07) is 2.33. The Kier molecular flexibility index (Phi) is 2.70. The van der Waals surface area contributed by atoms with Crippen molar-refractivity contribution in [2.75, 3.05) is 0 Å². The van der Waals surface area contributed by atoms with Crippen molar-refractivity contribution >= 4 is 0 Å². The Balaban J connectivity index is 2.17. The van der Waals surface area contributed by atoms with Crippen LogP contribution in [-0.2, 0) is 0 Å². The highest BCUT2D eigenvalue weighted by Gasteiger charge is 2.37. The van der Waals surface area contributed by atoms with Crippen molar-refractivity contribution in [3.63, 3.8) is 0 Å². The fourth-order valence-electron chi connectivity index (χ4n) is 3.13. The molecule has 0 radical (unpaired) electrons. The zero-order valence-electron chi connectivity index (χ0n) is 9.96. The Labute approximate surface area is 88.2 Å². The van der Waals surface area contributed by atoms with E-state index in [9.17, 15) is 0 Å². The highest BCUT2D eigenvalue weighted by atomic mass is 15.2. The Bertz CT molecular complexity index is 240. The molecule has 0 aromatic heterocycles. The van der Waals surface area contributed by atoms with Crippen LogP contribution in [-0.4, -0.2) is 23.0 Å². The van der Waals surface area contributed by atoms with Gasteiger partial charge in [-0.2, -0.15) is 0 Å². The maximum atomic E-state index is 2.71. The molecular weight excluding hydrogens is 170 g/mol. The lowest BCUT2D eigenvalue weighted by Crippen LogP contribution is -2.43. The van der Waals surface area contributed by atoms with Gasteiger partial charge in [0.1, 0.15) is 0 Å². The Hall–Kier alpha value is -0.300. The molecule has 2 heterocycles. The van der Waals surface area contributed by atoms with E-state index in [-0.39, 0.29) is 0 Å². The first-order valence-corrected chi connectivity index (χ1v) is 6.07. The summed E-state index contributed by atoms with van der Waals surface area (Å²) >= 11 is 0. The Morgan fingerprint density at radius 1 is 1.21 bits per heavy atom. The molecule has 2 rings (SSSR count). The molecule has 0 saturated carbocycles. The Morgan fingerprint density at radius 3 is 2.43 bits per heavy atom. The first kappa shape index (κ1) is 10.2. The first-order valence-electron chi connectivity index (χ1n) is 6.07. The van der Waals surface area contributed by atoms with E-state index < -0.39 is 0 Å². The molecule has 1 nitrogen and oxygen atoms in total. The van der Waals surface area contributed by atoms with E-state index in [0.29, 0.717) is 0 Å². The summed E-state index contributed by atoms with van der Waals surface area (Å²) in [7, 11) is 0. The summed E-state index contributed by atoms with van der Waals surface area (Å²) < 4.78 is 0. The average Bonchev–Trinajstić information content (AvgIpc) is 2.37. The van der Waals surface area contributed by atoms with Crippen LogP contribution >= 0.6 is 0 Å². The van der Waals surface area contributed by atoms with Gasteiger partial charge in [0.05, 0.1) is 0 Å². The van der Waals surface area contributed by atoms with Crippen molar-refractivity contribution in [3.05, 3.63) is 11.6 Å². The third-order valence-electron chi connectivity index (χ3n) is 3.82. The molecule has 2 atom stereocenters. The topological polar surface area (TPSA) is 3.24 Å². The van der Waals surface area contributed by atoms with Crippen LogP contribution in [0.5, 0.6) is 0 Å². The smallest absolute Gasteiger partial charge is 0.0287 e. The summed E-state index contributed by atoms with van der Waals surface area (Å²) in [6.45, 7) is 9.33. The molecule has 1 heteroatoms. The van der Waals surface area contributed by atoms with Crippen LogP contribution < -0.4 is 0 Å². The number of rotatable bonds is 2. The summed E-state index contributed by atoms with van der Waals surface area (Å²) in [5, 5.41) is 0. The number of hydrogen-bond donors (Lipinski definition) is 0. The van der Waals surface area contributed by atoms with Crippen molar-refractivity contribution in [3.8, 4) is 0 Å². The number of hydrogen-bond acceptors (Lipinski definition) is 1. The predicted octanol–water partition coefficient (Wildman–Crippen LogP) is 3.21. The molecule has 0 aromatic carbocycles. The van der Waals surface area contributed by atoms with Crippen LogP contribution in [0, 0.1) is 5.92 Å². The fraction of sp³-hybridized carbons (Fsp3) is 0.846. The largest absolute Gasteiger partial charge is 0.291 e. The van der Waals surface area contributed by atoms with Gasteiger partial charge in [0.2, 0.25) is 0 Å². The molecule has 2 aliphatic rings. The molecule has 0 spiro atoms. The van der Waals surface area contributed by atoms with Crippen LogP contribution in [0.1, 0.15) is 47.0 Å². The normalized spacial score (nSPS) is 32.9. The van der Waals surface area contributed by atoms with Crippen molar-refractivity contribution < 1.29 is 0 Å². The molecule has 80 valence electrons. The van der Waals surface area contributed by atoms with Crippen LogP contribution in [0.4, 0.5) is 0 Å². The lowest BCUT2D eigenvalue weighted by Gasteiger charge is -2.37. The molecule has 0 amide bonds. The summed E-state index contributed by atoms with van der Waals surface area (Å²) in [5.41, 5.74) is 1.70. The Morgan fingerprint density at radius 2 is 1.93 bits per heavy atom. The summed E-state index contributed by atoms with van der Waals surface area (Å²) in [5.74, 6) is 0.757. The summed E-state index contributed by atoms with van der Waals surface area (Å²) in [4.78, 5) is 2.71. The van der Waals surface area contributed by atoms with Gasteiger partial charge in [0, 0.05) is 18.1 Å². The highest BCUT2D eigenvalue weighted by molar-refractivity contribution is 5.19. The average molecular weight is 193 g/mol. The second-order valence-corrected chi connectivity index (χ2v) is 5.44. The van der Waals surface area contributed by atoms with Crippen molar-refractivity contribution in [1.29, 1.82) is 0 Å². The molecule has 0 N–H and O–H groups in total. The van der Waals surface area contributed by atoms with Gasteiger partial charge < -0.3 is 0 Å². The van der Waals surface area contributed by atoms with E-state index in [4.69, 9.17) is 0 Å². The van der Waals surface area contributed by atoms with Gasteiger partial charge in [0.25, 0.3) is 0 Å². The lowest BCUT2D eigenvalue weighted by atomic mass is 9.92. The van der Waals surface area contributed by atoms with Crippen LogP contribution in [0.15, 0.2) is 11.6 Å². The number of fused-ring (bicyclic) bond motifs is 2. The molecule has 0 aromatic rings. The quantitative estimate of drug-likeness (QED) is 0.609. The van der Waals surface area contributed by atoms with Crippen molar-refractivity contribution in [1.82, 2.24) is 4.90 Å². The second-order valence-electron chi connectivity index (χ2n) is 5.44. The maximum Gasteiger partial charge on any atom is 0.0287 e. The van der Waals surface area contributed by atoms with E-state index >= 15 is 0 Å². The third kappa shape index (κ3) is 1.63. The monoisotopic (exact) mass is 193 g/mol. The minimum absolute atomic E-state index is 0.720. The van der Waals surface area contributed by atoms with Crippen molar-refractivity contribution in [2.24, 2.45) is 5.92 Å². The van der Waals surface area contributed by atoms with E-state index in [1.54, 1.807) is 5.57 Å². The van der Waals surface area contributed by atoms with Crippen LogP contribution in [0.2, 0.25) is 0 Å². The van der Waals surface area contributed by atoms with Gasteiger partial charge >= 0.3 is 0 Å². The molecular formula is C13H23N. The minimum Gasteiger partial charge on any atom is -0.291 e. The maximum absolute atomic E-state index is 2.71. The molecule has 14 heavy (non-hydrogen) atoms. The molecule has 2 aliphatic heterocycles. The van der Waals surface area contributed by atoms with E-state index in [1.807, 2.05) is 0 Å². The van der Waals surface area contributed by atoms with Crippen molar-refractivity contribution in [2.45, 2.75) is 65.1 Å². The minimum atomic E-state index is 0.720. The van der Waals surface area contributed by atoms with Crippen LogP contribution in [0.3, 0.4) is 0 Å². The van der Waals surface area contributed by atoms with Gasteiger partial charge in [-0.3, -0.25) is 4.90 Å². The van der Waals surface area contributed by atoms with E-state index in [0.717, 1.165) is 24.0 Å². The zero-order valence-corrected chi connectivity index (χ0v) is 9.96. The van der Waals surface area contributed by atoms with E-state index in [1.165, 1.54) is 19.3 Å². The standard InChI is InChI=1S/C13H23N/c1-9(2)11-7-12-5-6-13(8-11)14(12)10(3)4/h7,9-10,12-13H,5-6,8H2,1-4H3. The first-order chi connectivity index (χ1) is 6.59. The van der Waals surface area contributed by atoms with Gasteiger partial charge in [-0.15, -0.1) is 0 Å². The fourth-order valence-corrected chi connectivity index (χ4v) is 3.13. The van der Waals surface area contributed by atoms with Gasteiger partial charge in [0.15, 0.2) is 0 Å². The van der Waals surface area contributed by atoms with Crippen LogP contribution in [0.25, 0.3) is 0 Å². The second kappa shape index (κ2) is 3.69. The highest BCUT2D eigenvalue weighted by Crippen LogP contribution is 2.38. The molecule has 1 fully saturated rings. The van der Waals surface area contributed by atoms with Gasteiger partial charge in [-0.05, 0) is 39.0 Å². The molecule has 1 saturated heterocycles. The third-order valence-corrected chi connectivity index (χ3v) is 3.82. The van der Waals surface area contributed by atoms with Gasteiger partial charge in [-0.1, -0.05) is 25.5 Å². The molecule has 2 unspecified atom stereocenters. The van der Waals surface area contributed by atoms with Gasteiger partial charge in [-0.25, -0.2) is 0 Å². The SMILES string of the molecule is CC(C)C1=CC2CCC(C1)N2C(C)C. The predicted molar refractivity (Wildman–Crippen MR) is 61.3 cm³/mol. The zero-order chi connectivity index (χ0) is 10.3. The lowest BCUT2D eigenvalue weighted by molar-refractivity contribution is 0.156. The summed E-state index contributed by atoms with van der Waals surface area (Å²) in [6.07, 6.45) is 6.68.